The maximum Gasteiger partial charge on any atom is 0.416 e. The molecule has 0 aliphatic heterocycles. The molecule has 1 N–H and O–H groups in total. The van der Waals surface area contributed by atoms with Gasteiger partial charge in [-0.3, -0.25) is 0 Å². The molecular weight excluding hydrogens is 279 g/mol. The molecule has 2 nitrogen and oxygen atoms in total. The predicted octanol–water partition coefficient (Wildman–Crippen LogP) is 4.10. The van der Waals surface area contributed by atoms with Gasteiger partial charge in [0.05, 0.1) is 5.56 Å². The van der Waals surface area contributed by atoms with E-state index in [2.05, 4.69) is 5.32 Å². The van der Waals surface area contributed by atoms with Crippen molar-refractivity contribution >= 4 is 0 Å². The number of aryl methyl sites for hydroxylation is 1. The lowest BCUT2D eigenvalue weighted by molar-refractivity contribution is -0.137. The third-order valence-corrected chi connectivity index (χ3v) is 3.72. The van der Waals surface area contributed by atoms with Crippen molar-refractivity contribution in [1.82, 2.24) is 5.32 Å². The van der Waals surface area contributed by atoms with Crippen LogP contribution in [0.2, 0.25) is 0 Å². The summed E-state index contributed by atoms with van der Waals surface area (Å²) in [7, 11) is 1.60. The van der Waals surface area contributed by atoms with E-state index in [1.807, 2.05) is 13.0 Å². The molecule has 0 aromatic heterocycles. The van der Waals surface area contributed by atoms with E-state index in [0.717, 1.165) is 24.8 Å². The summed E-state index contributed by atoms with van der Waals surface area (Å²) in [4.78, 5) is 0. The van der Waals surface area contributed by atoms with Gasteiger partial charge < -0.3 is 10.1 Å². The number of nitrogens with one attached hydrogen (secondary N) is 1. The van der Waals surface area contributed by atoms with E-state index in [1.54, 1.807) is 7.11 Å². The van der Waals surface area contributed by atoms with Crippen LogP contribution < -0.4 is 5.32 Å². The van der Waals surface area contributed by atoms with Crippen molar-refractivity contribution in [3.63, 3.8) is 0 Å². The zero-order chi connectivity index (χ0) is 15.5. The summed E-state index contributed by atoms with van der Waals surface area (Å²) in [6, 6.07) is 4.81. The van der Waals surface area contributed by atoms with Gasteiger partial charge in [0, 0.05) is 25.8 Å². The van der Waals surface area contributed by atoms with Crippen molar-refractivity contribution in [3.8, 4) is 0 Å². The topological polar surface area (TPSA) is 21.3 Å². The van der Waals surface area contributed by atoms with E-state index in [1.165, 1.54) is 12.1 Å². The van der Waals surface area contributed by atoms with E-state index in [4.69, 9.17) is 4.74 Å². The van der Waals surface area contributed by atoms with Gasteiger partial charge in [-0.05, 0) is 55.9 Å². The fourth-order valence-corrected chi connectivity index (χ4v) is 2.40. The van der Waals surface area contributed by atoms with Crippen LogP contribution in [0.5, 0.6) is 0 Å². The van der Waals surface area contributed by atoms with Crippen LogP contribution in [-0.2, 0) is 17.3 Å². The van der Waals surface area contributed by atoms with Crippen molar-refractivity contribution in [2.75, 3.05) is 13.7 Å². The molecule has 0 radical (unpaired) electrons. The molecule has 0 bridgehead atoms. The molecule has 2 rings (SSSR count). The maximum atomic E-state index is 13.0. The standard InChI is InChI=1S/C16H22F3NO/c1-11(20-15-5-6-15)13-8-12(4-3-7-21-2)9-14(10-13)16(17,18)19/h8-11,15,20H,3-7H2,1-2H3. The number of hydrogen-bond donors (Lipinski definition) is 1. The lowest BCUT2D eigenvalue weighted by Gasteiger charge is -2.18. The highest BCUT2D eigenvalue weighted by atomic mass is 19.4. The Balaban J connectivity index is 2.18. The maximum absolute atomic E-state index is 13.0. The molecule has 0 saturated heterocycles. The van der Waals surface area contributed by atoms with E-state index in [-0.39, 0.29) is 6.04 Å². The fraction of sp³-hybridized carbons (Fsp3) is 0.625. The molecule has 0 heterocycles. The Bertz CT molecular complexity index is 469. The molecule has 1 unspecified atom stereocenters. The number of halogens is 3. The molecular formula is C16H22F3NO. The first-order chi connectivity index (χ1) is 9.90. The number of methoxy groups -OCH3 is 1. The number of hydrogen-bond acceptors (Lipinski definition) is 2. The van der Waals surface area contributed by atoms with Gasteiger partial charge in [0.15, 0.2) is 0 Å². The number of alkyl halides is 3. The molecule has 1 aromatic rings. The Morgan fingerprint density at radius 2 is 2.00 bits per heavy atom. The normalized spacial score (nSPS) is 17.0. The summed E-state index contributed by atoms with van der Waals surface area (Å²) >= 11 is 0. The van der Waals surface area contributed by atoms with Crippen LogP contribution in [0.1, 0.15) is 48.9 Å². The summed E-state index contributed by atoms with van der Waals surface area (Å²) in [5, 5.41) is 3.35. The third kappa shape index (κ3) is 5.00. The second-order valence-corrected chi connectivity index (χ2v) is 5.72. The van der Waals surface area contributed by atoms with Gasteiger partial charge in [-0.2, -0.15) is 13.2 Å². The largest absolute Gasteiger partial charge is 0.416 e. The Kier molecular flexibility index (Phi) is 5.27. The predicted molar refractivity (Wildman–Crippen MR) is 76.2 cm³/mol. The molecule has 1 aliphatic carbocycles. The van der Waals surface area contributed by atoms with Crippen LogP contribution in [0.3, 0.4) is 0 Å². The summed E-state index contributed by atoms with van der Waals surface area (Å²) in [6.07, 6.45) is -0.748. The average Bonchev–Trinajstić information content (AvgIpc) is 3.21. The van der Waals surface area contributed by atoms with E-state index in [9.17, 15) is 13.2 Å². The van der Waals surface area contributed by atoms with Crippen molar-refractivity contribution in [3.05, 3.63) is 34.9 Å². The Morgan fingerprint density at radius 3 is 2.57 bits per heavy atom. The zero-order valence-electron chi connectivity index (χ0n) is 12.5. The van der Waals surface area contributed by atoms with Crippen LogP contribution in [0, 0.1) is 0 Å². The quantitative estimate of drug-likeness (QED) is 0.766. The molecule has 1 atom stereocenters. The van der Waals surface area contributed by atoms with E-state index in [0.29, 0.717) is 24.6 Å². The lowest BCUT2D eigenvalue weighted by atomic mass is 9.98. The second-order valence-electron chi connectivity index (χ2n) is 5.72. The Labute approximate surface area is 123 Å². The molecule has 1 aromatic carbocycles. The van der Waals surface area contributed by atoms with Crippen molar-refractivity contribution in [2.45, 2.75) is 50.9 Å². The average molecular weight is 301 g/mol. The SMILES string of the molecule is COCCCc1cc(C(C)NC2CC2)cc(C(F)(F)F)c1. The van der Waals surface area contributed by atoms with Gasteiger partial charge in [-0.25, -0.2) is 0 Å². The number of rotatable bonds is 7. The first kappa shape index (κ1) is 16.3. The minimum absolute atomic E-state index is 0.0547. The second kappa shape index (κ2) is 6.79. The minimum Gasteiger partial charge on any atom is -0.385 e. The summed E-state index contributed by atoms with van der Waals surface area (Å²) in [6.45, 7) is 2.48. The molecule has 118 valence electrons. The van der Waals surface area contributed by atoms with Gasteiger partial charge in [-0.15, -0.1) is 0 Å². The van der Waals surface area contributed by atoms with Gasteiger partial charge in [-0.1, -0.05) is 6.07 Å². The number of benzene rings is 1. The van der Waals surface area contributed by atoms with E-state index < -0.39 is 11.7 Å². The highest BCUT2D eigenvalue weighted by Gasteiger charge is 2.32. The highest BCUT2D eigenvalue weighted by molar-refractivity contribution is 5.34. The monoisotopic (exact) mass is 301 g/mol. The smallest absolute Gasteiger partial charge is 0.385 e. The van der Waals surface area contributed by atoms with Crippen molar-refractivity contribution < 1.29 is 17.9 Å². The summed E-state index contributed by atoms with van der Waals surface area (Å²) in [5.74, 6) is 0. The molecule has 1 saturated carbocycles. The van der Waals surface area contributed by atoms with Crippen LogP contribution in [-0.4, -0.2) is 19.8 Å². The number of ether oxygens (including phenoxy) is 1. The minimum atomic E-state index is -4.30. The molecule has 21 heavy (non-hydrogen) atoms. The third-order valence-electron chi connectivity index (χ3n) is 3.72. The zero-order valence-corrected chi connectivity index (χ0v) is 12.5. The molecule has 0 amide bonds. The van der Waals surface area contributed by atoms with Gasteiger partial charge in [0.1, 0.15) is 0 Å². The molecule has 0 spiro atoms. The summed E-state index contributed by atoms with van der Waals surface area (Å²) in [5.41, 5.74) is 0.877. The first-order valence-corrected chi connectivity index (χ1v) is 7.36. The van der Waals surface area contributed by atoms with Crippen LogP contribution in [0.4, 0.5) is 13.2 Å². The molecule has 1 aliphatic rings. The fourth-order valence-electron chi connectivity index (χ4n) is 2.40. The summed E-state index contributed by atoms with van der Waals surface area (Å²) < 4.78 is 44.1. The van der Waals surface area contributed by atoms with Crippen LogP contribution in [0.25, 0.3) is 0 Å². The molecule has 1 fully saturated rings. The van der Waals surface area contributed by atoms with Crippen LogP contribution >= 0.6 is 0 Å². The van der Waals surface area contributed by atoms with Crippen molar-refractivity contribution in [1.29, 1.82) is 0 Å². The Morgan fingerprint density at radius 1 is 1.29 bits per heavy atom. The molecule has 5 heteroatoms. The van der Waals surface area contributed by atoms with Gasteiger partial charge >= 0.3 is 6.18 Å². The van der Waals surface area contributed by atoms with Gasteiger partial charge in [0.25, 0.3) is 0 Å². The van der Waals surface area contributed by atoms with E-state index >= 15 is 0 Å². The van der Waals surface area contributed by atoms with Crippen LogP contribution in [0.15, 0.2) is 18.2 Å². The lowest BCUT2D eigenvalue weighted by Crippen LogP contribution is -2.21. The Hall–Kier alpha value is -1.07. The van der Waals surface area contributed by atoms with Crippen molar-refractivity contribution in [2.24, 2.45) is 0 Å². The highest BCUT2D eigenvalue weighted by Crippen LogP contribution is 2.33. The first-order valence-electron chi connectivity index (χ1n) is 7.36. The van der Waals surface area contributed by atoms with Gasteiger partial charge in [0.2, 0.25) is 0 Å².